The predicted molar refractivity (Wildman–Crippen MR) is 92.5 cm³/mol. The van der Waals surface area contributed by atoms with Crippen molar-refractivity contribution in [3.63, 3.8) is 0 Å². The summed E-state index contributed by atoms with van der Waals surface area (Å²) in [6.45, 7) is 2.29. The highest BCUT2D eigenvalue weighted by Gasteiger charge is 2.09. The molecule has 0 saturated carbocycles. The maximum atomic E-state index is 13.2. The molecule has 0 unspecified atom stereocenters. The average molecular weight is 329 g/mol. The van der Waals surface area contributed by atoms with Crippen molar-refractivity contribution < 1.29 is 14.0 Å². The van der Waals surface area contributed by atoms with Gasteiger partial charge in [0.25, 0.3) is 5.91 Å². The molecule has 0 aliphatic carbocycles. The van der Waals surface area contributed by atoms with Crippen molar-refractivity contribution in [3.8, 4) is 0 Å². The zero-order chi connectivity index (χ0) is 17.5. The monoisotopic (exact) mass is 329 g/mol. The number of nitrogens with two attached hydrogens (primary N) is 1. The zero-order valence-electron chi connectivity index (χ0n) is 13.4. The highest BCUT2D eigenvalue weighted by molar-refractivity contribution is 6.04. The second kappa shape index (κ2) is 8.21. The number of hydrogen-bond acceptors (Lipinski definition) is 3. The van der Waals surface area contributed by atoms with Crippen LogP contribution >= 0.6 is 0 Å². The summed E-state index contributed by atoms with van der Waals surface area (Å²) < 4.78 is 13.2. The molecule has 0 spiro atoms. The molecule has 4 N–H and O–H groups in total. The van der Waals surface area contributed by atoms with Crippen molar-refractivity contribution >= 4 is 23.2 Å². The highest BCUT2D eigenvalue weighted by atomic mass is 19.1. The van der Waals surface area contributed by atoms with E-state index in [9.17, 15) is 14.0 Å². The number of anilines is 2. The fourth-order valence-electron chi connectivity index (χ4n) is 2.19. The Morgan fingerprint density at radius 2 is 1.92 bits per heavy atom. The zero-order valence-corrected chi connectivity index (χ0v) is 13.4. The van der Waals surface area contributed by atoms with E-state index in [4.69, 9.17) is 5.73 Å². The third-order valence-electron chi connectivity index (χ3n) is 3.45. The smallest absolute Gasteiger partial charge is 0.255 e. The predicted octanol–water partition coefficient (Wildman–Crippen LogP) is 3.06. The van der Waals surface area contributed by atoms with Crippen LogP contribution in [0.2, 0.25) is 0 Å². The third kappa shape index (κ3) is 4.89. The summed E-state index contributed by atoms with van der Waals surface area (Å²) in [4.78, 5) is 23.8. The van der Waals surface area contributed by atoms with Gasteiger partial charge in [-0.05, 0) is 61.9 Å². The molecule has 126 valence electrons. The van der Waals surface area contributed by atoms with Crippen molar-refractivity contribution in [1.29, 1.82) is 0 Å². The van der Waals surface area contributed by atoms with E-state index in [1.54, 1.807) is 24.3 Å². The molecular formula is C18H20FN3O2. The number of amides is 2. The quantitative estimate of drug-likeness (QED) is 0.761. The molecule has 24 heavy (non-hydrogen) atoms. The second-order valence-corrected chi connectivity index (χ2v) is 5.43. The van der Waals surface area contributed by atoms with Crippen LogP contribution < -0.4 is 16.4 Å². The summed E-state index contributed by atoms with van der Waals surface area (Å²) in [5.41, 5.74) is 7.66. The van der Waals surface area contributed by atoms with Crippen LogP contribution in [-0.2, 0) is 4.79 Å². The van der Waals surface area contributed by atoms with Gasteiger partial charge in [0.1, 0.15) is 5.82 Å². The number of benzene rings is 2. The van der Waals surface area contributed by atoms with E-state index in [-0.39, 0.29) is 11.5 Å². The Balaban J connectivity index is 2.04. The number of rotatable bonds is 6. The van der Waals surface area contributed by atoms with Crippen molar-refractivity contribution in [1.82, 2.24) is 0 Å². The minimum absolute atomic E-state index is 0.101. The first kappa shape index (κ1) is 17.6. The van der Waals surface area contributed by atoms with E-state index >= 15 is 0 Å². The van der Waals surface area contributed by atoms with Gasteiger partial charge >= 0.3 is 0 Å². The van der Waals surface area contributed by atoms with Crippen LogP contribution in [-0.4, -0.2) is 18.4 Å². The minimum Gasteiger partial charge on any atom is -0.330 e. The van der Waals surface area contributed by atoms with Gasteiger partial charge in [-0.3, -0.25) is 9.59 Å². The molecule has 0 saturated heterocycles. The van der Waals surface area contributed by atoms with Crippen LogP contribution in [0, 0.1) is 12.7 Å². The normalized spacial score (nSPS) is 10.3. The Kier molecular flexibility index (Phi) is 6.03. The molecule has 0 aliphatic heterocycles. The molecule has 0 aromatic heterocycles. The fourth-order valence-corrected chi connectivity index (χ4v) is 2.19. The number of carbonyl (C=O) groups excluding carboxylic acids is 2. The summed E-state index contributed by atoms with van der Waals surface area (Å²) >= 11 is 0. The second-order valence-electron chi connectivity index (χ2n) is 5.43. The molecule has 6 heteroatoms. The fraction of sp³-hybridized carbons (Fsp3) is 0.222. The number of halogens is 1. The SMILES string of the molecule is Cc1cc(NC(=O)CCCN)ccc1NC(=O)c1cccc(F)c1. The van der Waals surface area contributed by atoms with Gasteiger partial charge in [0.15, 0.2) is 0 Å². The number of aryl methyl sites for hydroxylation is 1. The molecule has 2 aromatic carbocycles. The van der Waals surface area contributed by atoms with Gasteiger partial charge < -0.3 is 16.4 Å². The average Bonchev–Trinajstić information content (AvgIpc) is 2.55. The lowest BCUT2D eigenvalue weighted by Gasteiger charge is -2.11. The lowest BCUT2D eigenvalue weighted by Crippen LogP contribution is -2.15. The Labute approximate surface area is 140 Å². The molecule has 5 nitrogen and oxygen atoms in total. The Morgan fingerprint density at radius 1 is 1.12 bits per heavy atom. The lowest BCUT2D eigenvalue weighted by molar-refractivity contribution is -0.116. The van der Waals surface area contributed by atoms with Crippen molar-refractivity contribution in [2.75, 3.05) is 17.2 Å². The van der Waals surface area contributed by atoms with Gasteiger partial charge in [-0.25, -0.2) is 4.39 Å². The topological polar surface area (TPSA) is 84.2 Å². The van der Waals surface area contributed by atoms with Crippen molar-refractivity contribution in [2.24, 2.45) is 5.73 Å². The maximum Gasteiger partial charge on any atom is 0.255 e. The van der Waals surface area contributed by atoms with E-state index in [0.717, 1.165) is 5.56 Å². The maximum absolute atomic E-state index is 13.2. The largest absolute Gasteiger partial charge is 0.330 e. The van der Waals surface area contributed by atoms with Crippen molar-refractivity contribution in [3.05, 3.63) is 59.4 Å². The highest BCUT2D eigenvalue weighted by Crippen LogP contribution is 2.21. The first-order chi connectivity index (χ1) is 11.5. The molecule has 0 heterocycles. The molecule has 0 bridgehead atoms. The Bertz CT molecular complexity index is 747. The third-order valence-corrected chi connectivity index (χ3v) is 3.45. The number of hydrogen-bond donors (Lipinski definition) is 3. The van der Waals surface area contributed by atoms with Gasteiger partial charge in [-0.2, -0.15) is 0 Å². The van der Waals surface area contributed by atoms with E-state index in [2.05, 4.69) is 10.6 Å². The van der Waals surface area contributed by atoms with Crippen LogP contribution in [0.4, 0.5) is 15.8 Å². The first-order valence-corrected chi connectivity index (χ1v) is 7.67. The van der Waals surface area contributed by atoms with Crippen LogP contribution in [0.25, 0.3) is 0 Å². The van der Waals surface area contributed by atoms with Gasteiger partial charge in [0.05, 0.1) is 0 Å². The van der Waals surface area contributed by atoms with Crippen LogP contribution in [0.5, 0.6) is 0 Å². The number of nitrogens with one attached hydrogen (secondary N) is 2. The van der Waals surface area contributed by atoms with Crippen LogP contribution in [0.15, 0.2) is 42.5 Å². The van der Waals surface area contributed by atoms with E-state index in [0.29, 0.717) is 30.8 Å². The summed E-state index contributed by atoms with van der Waals surface area (Å²) in [5.74, 6) is -0.955. The van der Waals surface area contributed by atoms with Gasteiger partial charge in [-0.15, -0.1) is 0 Å². The summed E-state index contributed by atoms with van der Waals surface area (Å²) in [6, 6.07) is 10.7. The van der Waals surface area contributed by atoms with Crippen LogP contribution in [0.3, 0.4) is 0 Å². The molecule has 0 fully saturated rings. The molecule has 0 atom stereocenters. The lowest BCUT2D eigenvalue weighted by atomic mass is 10.1. The van der Waals surface area contributed by atoms with Crippen molar-refractivity contribution in [2.45, 2.75) is 19.8 Å². The molecule has 0 aliphatic rings. The van der Waals surface area contributed by atoms with Gasteiger partial charge in [0, 0.05) is 23.4 Å². The molecule has 2 amide bonds. The molecular weight excluding hydrogens is 309 g/mol. The van der Waals surface area contributed by atoms with Gasteiger partial charge in [0.2, 0.25) is 5.91 Å². The first-order valence-electron chi connectivity index (χ1n) is 7.67. The Hall–Kier alpha value is -2.73. The summed E-state index contributed by atoms with van der Waals surface area (Å²) in [5, 5.41) is 5.51. The summed E-state index contributed by atoms with van der Waals surface area (Å²) in [7, 11) is 0. The minimum atomic E-state index is -0.463. The van der Waals surface area contributed by atoms with E-state index < -0.39 is 11.7 Å². The molecule has 2 aromatic rings. The Morgan fingerprint density at radius 3 is 2.58 bits per heavy atom. The van der Waals surface area contributed by atoms with E-state index in [1.807, 2.05) is 6.92 Å². The van der Waals surface area contributed by atoms with Gasteiger partial charge in [-0.1, -0.05) is 6.07 Å². The standard InChI is InChI=1S/C18H20FN3O2/c1-12-10-15(21-17(23)6-3-9-20)7-8-16(12)22-18(24)13-4-2-5-14(19)11-13/h2,4-5,7-8,10-11H,3,6,9,20H2,1H3,(H,21,23)(H,22,24). The molecule has 2 rings (SSSR count). The molecule has 0 radical (unpaired) electrons. The number of carbonyl (C=O) groups is 2. The summed E-state index contributed by atoms with van der Waals surface area (Å²) in [6.07, 6.45) is 1.00. The van der Waals surface area contributed by atoms with E-state index in [1.165, 1.54) is 18.2 Å². The van der Waals surface area contributed by atoms with Crippen LogP contribution in [0.1, 0.15) is 28.8 Å².